The van der Waals surface area contributed by atoms with Gasteiger partial charge in [-0.25, -0.2) is 4.39 Å². The molecular formula is C14H21FN2. The number of benzene rings is 1. The molecule has 1 aliphatic rings. The molecule has 2 atom stereocenters. The van der Waals surface area contributed by atoms with Gasteiger partial charge in [-0.2, -0.15) is 0 Å². The molecule has 1 aromatic carbocycles. The van der Waals surface area contributed by atoms with Crippen molar-refractivity contribution in [2.24, 2.45) is 11.8 Å². The number of halogens is 1. The van der Waals surface area contributed by atoms with E-state index in [-0.39, 0.29) is 11.5 Å². The zero-order valence-corrected chi connectivity index (χ0v) is 10.6. The second-order valence-electron chi connectivity index (χ2n) is 5.50. The number of likely N-dealkylation sites (tertiary alicyclic amines) is 1. The lowest BCUT2D eigenvalue weighted by molar-refractivity contribution is 0.134. The van der Waals surface area contributed by atoms with Crippen molar-refractivity contribution in [3.8, 4) is 0 Å². The molecule has 2 nitrogen and oxygen atoms in total. The zero-order valence-electron chi connectivity index (χ0n) is 10.6. The minimum atomic E-state index is -0.305. The van der Waals surface area contributed by atoms with Gasteiger partial charge in [0.2, 0.25) is 0 Å². The van der Waals surface area contributed by atoms with Crippen LogP contribution in [0.15, 0.2) is 18.2 Å². The first-order chi connectivity index (χ1) is 8.04. The second-order valence-corrected chi connectivity index (χ2v) is 5.50. The highest BCUT2D eigenvalue weighted by molar-refractivity contribution is 5.41. The van der Waals surface area contributed by atoms with Crippen LogP contribution in [0.1, 0.15) is 25.8 Å². The summed E-state index contributed by atoms with van der Waals surface area (Å²) in [5, 5.41) is 0. The summed E-state index contributed by atoms with van der Waals surface area (Å²) < 4.78 is 13.3. The third kappa shape index (κ3) is 3.19. The third-order valence-corrected chi connectivity index (χ3v) is 3.42. The Bertz CT molecular complexity index is 382. The number of hydrogen-bond acceptors (Lipinski definition) is 2. The van der Waals surface area contributed by atoms with E-state index in [4.69, 9.17) is 5.73 Å². The maximum atomic E-state index is 13.3. The Morgan fingerprint density at radius 3 is 2.53 bits per heavy atom. The molecule has 0 aromatic heterocycles. The van der Waals surface area contributed by atoms with Crippen LogP contribution in [0.25, 0.3) is 0 Å². The van der Waals surface area contributed by atoms with Crippen LogP contribution in [0.3, 0.4) is 0 Å². The van der Waals surface area contributed by atoms with Gasteiger partial charge in [0.25, 0.3) is 0 Å². The minimum absolute atomic E-state index is 0.231. The molecule has 2 rings (SSSR count). The fourth-order valence-electron chi connectivity index (χ4n) is 2.85. The first-order valence-corrected chi connectivity index (χ1v) is 6.31. The molecule has 17 heavy (non-hydrogen) atoms. The Morgan fingerprint density at radius 2 is 1.94 bits per heavy atom. The predicted octanol–water partition coefficient (Wildman–Crippen LogP) is 2.89. The molecule has 1 fully saturated rings. The van der Waals surface area contributed by atoms with Crippen LogP contribution in [0.4, 0.5) is 10.1 Å². The molecule has 94 valence electrons. The van der Waals surface area contributed by atoms with Gasteiger partial charge in [-0.05, 0) is 36.0 Å². The van der Waals surface area contributed by atoms with Crippen molar-refractivity contribution in [3.63, 3.8) is 0 Å². The van der Waals surface area contributed by atoms with Crippen molar-refractivity contribution in [1.82, 2.24) is 4.90 Å². The van der Waals surface area contributed by atoms with Gasteiger partial charge < -0.3 is 5.73 Å². The maximum Gasteiger partial charge on any atom is 0.146 e. The standard InChI is InChI=1S/C14H21FN2/c1-10-5-11(2)8-17(7-10)9-12-3-4-14(16)13(15)6-12/h3-4,6,10-11H,5,7-9,16H2,1-2H3. The zero-order chi connectivity index (χ0) is 12.4. The van der Waals surface area contributed by atoms with E-state index >= 15 is 0 Å². The second kappa shape index (κ2) is 5.05. The topological polar surface area (TPSA) is 29.3 Å². The number of hydrogen-bond donors (Lipinski definition) is 1. The van der Waals surface area contributed by atoms with Gasteiger partial charge in [-0.1, -0.05) is 19.9 Å². The minimum Gasteiger partial charge on any atom is -0.396 e. The van der Waals surface area contributed by atoms with Crippen LogP contribution in [0.5, 0.6) is 0 Å². The lowest BCUT2D eigenvalue weighted by Crippen LogP contribution is -2.38. The summed E-state index contributed by atoms with van der Waals surface area (Å²) in [5.41, 5.74) is 6.72. The smallest absolute Gasteiger partial charge is 0.146 e. The number of rotatable bonds is 2. The molecule has 1 heterocycles. The van der Waals surface area contributed by atoms with Crippen molar-refractivity contribution in [1.29, 1.82) is 0 Å². The highest BCUT2D eigenvalue weighted by atomic mass is 19.1. The first-order valence-electron chi connectivity index (χ1n) is 6.31. The van der Waals surface area contributed by atoms with E-state index in [1.54, 1.807) is 12.1 Å². The van der Waals surface area contributed by atoms with Crippen molar-refractivity contribution in [3.05, 3.63) is 29.6 Å². The van der Waals surface area contributed by atoms with E-state index in [9.17, 15) is 4.39 Å². The summed E-state index contributed by atoms with van der Waals surface area (Å²) in [7, 11) is 0. The van der Waals surface area contributed by atoms with Crippen molar-refractivity contribution < 1.29 is 4.39 Å². The average Bonchev–Trinajstić information content (AvgIpc) is 2.22. The van der Waals surface area contributed by atoms with Gasteiger partial charge >= 0.3 is 0 Å². The fraction of sp³-hybridized carbons (Fsp3) is 0.571. The summed E-state index contributed by atoms with van der Waals surface area (Å²) >= 11 is 0. The third-order valence-electron chi connectivity index (χ3n) is 3.42. The molecule has 2 unspecified atom stereocenters. The van der Waals surface area contributed by atoms with Gasteiger partial charge in [0.05, 0.1) is 5.69 Å². The molecule has 0 saturated carbocycles. The molecule has 1 aliphatic heterocycles. The highest BCUT2D eigenvalue weighted by Gasteiger charge is 2.21. The van der Waals surface area contributed by atoms with E-state index in [1.165, 1.54) is 6.42 Å². The van der Waals surface area contributed by atoms with Crippen LogP contribution in [0.2, 0.25) is 0 Å². The lowest BCUT2D eigenvalue weighted by atomic mass is 9.91. The average molecular weight is 236 g/mol. The van der Waals surface area contributed by atoms with Crippen molar-refractivity contribution in [2.75, 3.05) is 18.8 Å². The molecule has 0 amide bonds. The summed E-state index contributed by atoms with van der Waals surface area (Å²) in [6, 6.07) is 5.13. The Balaban J connectivity index is 2.02. The molecule has 2 N–H and O–H groups in total. The van der Waals surface area contributed by atoms with Crippen molar-refractivity contribution >= 4 is 5.69 Å². The maximum absolute atomic E-state index is 13.3. The van der Waals surface area contributed by atoms with E-state index < -0.39 is 0 Å². The quantitative estimate of drug-likeness (QED) is 0.800. The molecule has 1 saturated heterocycles. The number of nitrogen functional groups attached to an aromatic ring is 1. The van der Waals surface area contributed by atoms with Crippen LogP contribution >= 0.6 is 0 Å². The Morgan fingerprint density at radius 1 is 1.29 bits per heavy atom. The largest absolute Gasteiger partial charge is 0.396 e. The van der Waals surface area contributed by atoms with Gasteiger partial charge in [0.15, 0.2) is 0 Å². The van der Waals surface area contributed by atoms with E-state index in [0.29, 0.717) is 0 Å². The SMILES string of the molecule is CC1CC(C)CN(Cc2ccc(N)c(F)c2)C1. The molecule has 0 bridgehead atoms. The highest BCUT2D eigenvalue weighted by Crippen LogP contribution is 2.23. The summed E-state index contributed by atoms with van der Waals surface area (Å²) in [6.07, 6.45) is 1.30. The van der Waals surface area contributed by atoms with Crippen molar-refractivity contribution in [2.45, 2.75) is 26.8 Å². The summed E-state index contributed by atoms with van der Waals surface area (Å²) in [5.74, 6) is 1.16. The summed E-state index contributed by atoms with van der Waals surface area (Å²) in [6.45, 7) is 7.61. The molecule has 0 radical (unpaired) electrons. The molecule has 0 aliphatic carbocycles. The monoisotopic (exact) mass is 236 g/mol. The molecule has 0 spiro atoms. The van der Waals surface area contributed by atoms with E-state index in [1.807, 2.05) is 6.07 Å². The van der Waals surface area contributed by atoms with Gasteiger partial charge in [0.1, 0.15) is 5.82 Å². The van der Waals surface area contributed by atoms with Crippen LogP contribution in [-0.4, -0.2) is 18.0 Å². The van der Waals surface area contributed by atoms with Crippen LogP contribution in [0, 0.1) is 17.7 Å². The Labute approximate surface area is 103 Å². The first kappa shape index (κ1) is 12.4. The summed E-state index contributed by atoms with van der Waals surface area (Å²) in [4.78, 5) is 2.41. The molecule has 3 heteroatoms. The van der Waals surface area contributed by atoms with E-state index in [0.717, 1.165) is 37.0 Å². The lowest BCUT2D eigenvalue weighted by Gasteiger charge is -2.35. The van der Waals surface area contributed by atoms with Crippen LogP contribution in [-0.2, 0) is 6.54 Å². The predicted molar refractivity (Wildman–Crippen MR) is 69.0 cm³/mol. The van der Waals surface area contributed by atoms with E-state index in [2.05, 4.69) is 18.7 Å². The fourth-order valence-corrected chi connectivity index (χ4v) is 2.85. The number of nitrogens with zero attached hydrogens (tertiary/aromatic N) is 1. The molecular weight excluding hydrogens is 215 g/mol. The Hall–Kier alpha value is -1.09. The number of nitrogens with two attached hydrogens (primary N) is 1. The van der Waals surface area contributed by atoms with Crippen LogP contribution < -0.4 is 5.73 Å². The van der Waals surface area contributed by atoms with Gasteiger partial charge in [-0.3, -0.25) is 4.90 Å². The number of piperidine rings is 1. The normalized spacial score (nSPS) is 26.1. The molecule has 1 aromatic rings. The number of anilines is 1. The van der Waals surface area contributed by atoms with Gasteiger partial charge in [0, 0.05) is 19.6 Å². The Kier molecular flexibility index (Phi) is 3.67. The van der Waals surface area contributed by atoms with Gasteiger partial charge in [-0.15, -0.1) is 0 Å².